The number of hydrogen-bond donors (Lipinski definition) is 1. The van der Waals surface area contributed by atoms with Crippen molar-refractivity contribution < 1.29 is 14.2 Å². The van der Waals surface area contributed by atoms with Crippen molar-refractivity contribution in [3.8, 4) is 11.8 Å². The monoisotopic (exact) mass is 318 g/mol. The van der Waals surface area contributed by atoms with Crippen molar-refractivity contribution in [3.05, 3.63) is 29.8 Å². The first kappa shape index (κ1) is 17.7. The van der Waals surface area contributed by atoms with E-state index in [4.69, 9.17) is 25.2 Å². The zero-order valence-corrected chi connectivity index (χ0v) is 13.9. The van der Waals surface area contributed by atoms with Gasteiger partial charge in [-0.05, 0) is 49.4 Å². The topological polar surface area (TPSA) is 77.5 Å². The van der Waals surface area contributed by atoms with E-state index in [0.29, 0.717) is 17.9 Å². The SMILES string of the molecule is CC(C)[C@H](Oc1ccc(C#N)cc1)[C@H](N)COC1CCCCO1. The molecule has 0 radical (unpaired) electrons. The van der Waals surface area contributed by atoms with Gasteiger partial charge in [0.2, 0.25) is 0 Å². The van der Waals surface area contributed by atoms with E-state index in [-0.39, 0.29) is 24.4 Å². The molecule has 0 aromatic heterocycles. The van der Waals surface area contributed by atoms with Gasteiger partial charge in [0.25, 0.3) is 0 Å². The highest BCUT2D eigenvalue weighted by Gasteiger charge is 2.25. The minimum absolute atomic E-state index is 0.141. The van der Waals surface area contributed by atoms with E-state index in [0.717, 1.165) is 25.9 Å². The molecular formula is C18H26N2O3. The van der Waals surface area contributed by atoms with Crippen LogP contribution in [0.1, 0.15) is 38.7 Å². The Kier molecular flexibility index (Phi) is 6.85. The van der Waals surface area contributed by atoms with Crippen molar-refractivity contribution in [1.29, 1.82) is 5.26 Å². The second-order valence-electron chi connectivity index (χ2n) is 6.26. The van der Waals surface area contributed by atoms with Crippen LogP contribution in [-0.2, 0) is 9.47 Å². The van der Waals surface area contributed by atoms with E-state index < -0.39 is 0 Å². The number of nitriles is 1. The normalized spacial score (nSPS) is 20.7. The lowest BCUT2D eigenvalue weighted by Gasteiger charge is -2.30. The number of rotatable bonds is 7. The van der Waals surface area contributed by atoms with Crippen LogP contribution in [0.25, 0.3) is 0 Å². The van der Waals surface area contributed by atoms with E-state index in [1.54, 1.807) is 24.3 Å². The third-order valence-electron chi connectivity index (χ3n) is 3.95. The fourth-order valence-corrected chi connectivity index (χ4v) is 2.64. The molecule has 1 saturated heterocycles. The van der Waals surface area contributed by atoms with Crippen molar-refractivity contribution >= 4 is 0 Å². The summed E-state index contributed by atoms with van der Waals surface area (Å²) in [7, 11) is 0. The minimum Gasteiger partial charge on any atom is -0.488 e. The maximum Gasteiger partial charge on any atom is 0.157 e. The van der Waals surface area contributed by atoms with Crippen LogP contribution < -0.4 is 10.5 Å². The molecule has 1 aromatic carbocycles. The maximum absolute atomic E-state index is 8.84. The van der Waals surface area contributed by atoms with Crippen molar-refractivity contribution in [2.45, 2.75) is 51.5 Å². The lowest BCUT2D eigenvalue weighted by Crippen LogP contribution is -2.46. The summed E-state index contributed by atoms with van der Waals surface area (Å²) in [6, 6.07) is 8.93. The Bertz CT molecular complexity index is 504. The summed E-state index contributed by atoms with van der Waals surface area (Å²) in [6.07, 6.45) is 2.86. The molecule has 1 aliphatic heterocycles. The largest absolute Gasteiger partial charge is 0.488 e. The van der Waals surface area contributed by atoms with Crippen molar-refractivity contribution in [2.75, 3.05) is 13.2 Å². The number of nitrogens with zero attached hydrogens (tertiary/aromatic N) is 1. The first-order chi connectivity index (χ1) is 11.1. The van der Waals surface area contributed by atoms with Gasteiger partial charge in [0.05, 0.1) is 24.3 Å². The number of hydrogen-bond acceptors (Lipinski definition) is 5. The molecule has 1 heterocycles. The fraction of sp³-hybridized carbons (Fsp3) is 0.611. The Balaban J connectivity index is 1.89. The van der Waals surface area contributed by atoms with Gasteiger partial charge in [0, 0.05) is 6.61 Å². The highest BCUT2D eigenvalue weighted by atomic mass is 16.7. The summed E-state index contributed by atoms with van der Waals surface area (Å²) in [4.78, 5) is 0. The molecule has 1 unspecified atom stereocenters. The molecule has 1 fully saturated rings. The molecule has 23 heavy (non-hydrogen) atoms. The summed E-state index contributed by atoms with van der Waals surface area (Å²) in [6.45, 7) is 5.32. The summed E-state index contributed by atoms with van der Waals surface area (Å²) in [5.41, 5.74) is 6.89. The van der Waals surface area contributed by atoms with Gasteiger partial charge in [-0.2, -0.15) is 5.26 Å². The van der Waals surface area contributed by atoms with Crippen molar-refractivity contribution in [1.82, 2.24) is 0 Å². The maximum atomic E-state index is 8.84. The molecule has 1 aliphatic rings. The molecule has 0 aliphatic carbocycles. The van der Waals surface area contributed by atoms with E-state index in [1.165, 1.54) is 0 Å². The Morgan fingerprint density at radius 2 is 2.04 bits per heavy atom. The zero-order chi connectivity index (χ0) is 16.7. The number of ether oxygens (including phenoxy) is 3. The molecule has 3 atom stereocenters. The summed E-state index contributed by atoms with van der Waals surface area (Å²) in [5.74, 6) is 0.962. The van der Waals surface area contributed by atoms with Gasteiger partial charge < -0.3 is 19.9 Å². The molecule has 2 N–H and O–H groups in total. The zero-order valence-electron chi connectivity index (χ0n) is 13.9. The molecule has 2 rings (SSSR count). The van der Waals surface area contributed by atoms with Crippen LogP contribution in [0.4, 0.5) is 0 Å². The molecule has 0 bridgehead atoms. The van der Waals surface area contributed by atoms with Gasteiger partial charge in [0.1, 0.15) is 11.9 Å². The highest BCUT2D eigenvalue weighted by molar-refractivity contribution is 5.34. The Labute approximate surface area is 138 Å². The summed E-state index contributed by atoms with van der Waals surface area (Å²) >= 11 is 0. The first-order valence-corrected chi connectivity index (χ1v) is 8.25. The first-order valence-electron chi connectivity index (χ1n) is 8.25. The van der Waals surface area contributed by atoms with Gasteiger partial charge >= 0.3 is 0 Å². The van der Waals surface area contributed by atoms with Crippen LogP contribution in [0.15, 0.2) is 24.3 Å². The van der Waals surface area contributed by atoms with E-state index in [2.05, 4.69) is 19.9 Å². The molecule has 0 saturated carbocycles. The average Bonchev–Trinajstić information content (AvgIpc) is 2.58. The van der Waals surface area contributed by atoms with Crippen molar-refractivity contribution in [3.63, 3.8) is 0 Å². The van der Waals surface area contributed by atoms with Crippen LogP contribution in [0.5, 0.6) is 5.75 Å². The highest BCUT2D eigenvalue weighted by Crippen LogP contribution is 2.20. The van der Waals surface area contributed by atoms with Crippen LogP contribution in [0.3, 0.4) is 0 Å². The van der Waals surface area contributed by atoms with E-state index in [1.807, 2.05) is 0 Å². The second kappa shape index (κ2) is 8.88. The lowest BCUT2D eigenvalue weighted by atomic mass is 10.0. The van der Waals surface area contributed by atoms with Crippen LogP contribution in [0.2, 0.25) is 0 Å². The van der Waals surface area contributed by atoms with Gasteiger partial charge in [0.15, 0.2) is 6.29 Å². The second-order valence-corrected chi connectivity index (χ2v) is 6.26. The van der Waals surface area contributed by atoms with Crippen molar-refractivity contribution in [2.24, 2.45) is 11.7 Å². The van der Waals surface area contributed by atoms with Gasteiger partial charge in [-0.3, -0.25) is 0 Å². The van der Waals surface area contributed by atoms with Crippen LogP contribution >= 0.6 is 0 Å². The van der Waals surface area contributed by atoms with Gasteiger partial charge in [-0.1, -0.05) is 13.8 Å². The Morgan fingerprint density at radius 1 is 1.30 bits per heavy atom. The molecule has 1 aromatic rings. The van der Waals surface area contributed by atoms with Crippen LogP contribution in [-0.4, -0.2) is 31.6 Å². The van der Waals surface area contributed by atoms with Gasteiger partial charge in [-0.25, -0.2) is 0 Å². The fourth-order valence-electron chi connectivity index (χ4n) is 2.64. The molecule has 5 nitrogen and oxygen atoms in total. The molecule has 0 amide bonds. The van der Waals surface area contributed by atoms with Crippen LogP contribution in [0, 0.1) is 17.2 Å². The van der Waals surface area contributed by atoms with E-state index in [9.17, 15) is 0 Å². The quantitative estimate of drug-likeness (QED) is 0.836. The molecule has 0 spiro atoms. The third-order valence-corrected chi connectivity index (χ3v) is 3.95. The standard InChI is InChI=1S/C18H26N2O3/c1-13(2)18(23-15-8-6-14(11-19)7-9-15)16(20)12-22-17-5-3-4-10-21-17/h6-9,13,16-18H,3-5,10,12,20H2,1-2H3/t16-,17?,18+/m1/s1. The molecule has 126 valence electrons. The minimum atomic E-state index is -0.240. The molecular weight excluding hydrogens is 292 g/mol. The van der Waals surface area contributed by atoms with E-state index >= 15 is 0 Å². The Hall–Kier alpha value is -1.61. The predicted octanol–water partition coefficient (Wildman–Crippen LogP) is 2.83. The lowest BCUT2D eigenvalue weighted by molar-refractivity contribution is -0.168. The predicted molar refractivity (Wildman–Crippen MR) is 87.9 cm³/mol. The van der Waals surface area contributed by atoms with Gasteiger partial charge in [-0.15, -0.1) is 0 Å². The Morgan fingerprint density at radius 3 is 2.61 bits per heavy atom. The average molecular weight is 318 g/mol. The number of nitrogens with two attached hydrogens (primary N) is 1. The molecule has 5 heteroatoms. The number of benzene rings is 1. The smallest absolute Gasteiger partial charge is 0.157 e. The summed E-state index contributed by atoms with van der Waals surface area (Å²) < 4.78 is 17.4. The summed E-state index contributed by atoms with van der Waals surface area (Å²) in [5, 5.41) is 8.84. The third kappa shape index (κ3) is 5.51.